The van der Waals surface area contributed by atoms with Crippen molar-refractivity contribution in [2.45, 2.75) is 22.1 Å². The van der Waals surface area contributed by atoms with Gasteiger partial charge in [-0.15, -0.1) is 0 Å². The summed E-state index contributed by atoms with van der Waals surface area (Å²) in [6, 6.07) is 23.3. The van der Waals surface area contributed by atoms with Gasteiger partial charge < -0.3 is 4.74 Å². The molecule has 3 aromatic rings. The summed E-state index contributed by atoms with van der Waals surface area (Å²) in [5, 5.41) is 0.800. The molecular weight excluding hydrogens is 336 g/mol. The lowest BCUT2D eigenvalue weighted by molar-refractivity contribution is 0.414. The first-order valence-corrected chi connectivity index (χ1v) is 9.13. The van der Waals surface area contributed by atoms with Crippen LogP contribution in [0, 0.1) is 0 Å². The van der Waals surface area contributed by atoms with Gasteiger partial charge in [-0.1, -0.05) is 53.7 Å². The third-order valence-electron chi connectivity index (χ3n) is 4.46. The van der Waals surface area contributed by atoms with Crippen LogP contribution < -0.4 is 4.74 Å². The molecule has 0 fully saturated rings. The third kappa shape index (κ3) is 2.92. The van der Waals surface area contributed by atoms with Crippen molar-refractivity contribution in [2.24, 2.45) is 0 Å². The second-order valence-corrected chi connectivity index (χ2v) is 7.45. The molecule has 3 heteroatoms. The van der Waals surface area contributed by atoms with E-state index in [1.165, 1.54) is 26.5 Å². The Morgan fingerprint density at radius 3 is 2.46 bits per heavy atom. The zero-order chi connectivity index (χ0) is 16.5. The van der Waals surface area contributed by atoms with Crippen molar-refractivity contribution in [1.82, 2.24) is 0 Å². The number of halogens is 1. The van der Waals surface area contributed by atoms with E-state index in [9.17, 15) is 0 Å². The molecule has 4 rings (SSSR count). The van der Waals surface area contributed by atoms with Crippen molar-refractivity contribution in [3.63, 3.8) is 0 Å². The van der Waals surface area contributed by atoms with E-state index in [0.717, 1.165) is 17.2 Å². The van der Waals surface area contributed by atoms with Crippen LogP contribution >= 0.6 is 23.4 Å². The summed E-state index contributed by atoms with van der Waals surface area (Å²) in [7, 11) is 1.70. The van der Waals surface area contributed by atoms with Gasteiger partial charge in [0.25, 0.3) is 0 Å². The van der Waals surface area contributed by atoms with E-state index in [2.05, 4.69) is 48.5 Å². The summed E-state index contributed by atoms with van der Waals surface area (Å²) in [5.41, 5.74) is 4.00. The zero-order valence-corrected chi connectivity index (χ0v) is 14.9. The van der Waals surface area contributed by atoms with Gasteiger partial charge in [-0.2, -0.15) is 0 Å². The fraction of sp³-hybridized carbons (Fsp3) is 0.143. The van der Waals surface area contributed by atoms with Crippen LogP contribution in [0.5, 0.6) is 5.75 Å². The van der Waals surface area contributed by atoms with E-state index in [1.807, 2.05) is 30.0 Å². The molecule has 0 radical (unpaired) electrons. The number of rotatable bonds is 3. The summed E-state index contributed by atoms with van der Waals surface area (Å²) in [5.74, 6) is 1.21. The molecule has 3 aromatic carbocycles. The van der Waals surface area contributed by atoms with Crippen molar-refractivity contribution < 1.29 is 4.74 Å². The number of benzene rings is 3. The van der Waals surface area contributed by atoms with Crippen molar-refractivity contribution in [3.05, 3.63) is 88.4 Å². The van der Waals surface area contributed by atoms with Crippen molar-refractivity contribution in [1.29, 1.82) is 0 Å². The Balaban J connectivity index is 1.77. The Hall–Kier alpha value is -1.90. The van der Waals surface area contributed by atoms with Crippen molar-refractivity contribution in [3.8, 4) is 5.75 Å². The highest BCUT2D eigenvalue weighted by atomic mass is 35.5. The SMILES string of the molecule is COc1ccc(CC2c3ccccc3Sc3ccc(Cl)cc32)cc1. The second kappa shape index (κ2) is 6.54. The molecule has 0 saturated carbocycles. The molecule has 120 valence electrons. The standard InChI is InChI=1S/C21H17ClOS/c1-23-16-9-6-14(7-10-16)12-18-17-4-2-3-5-20(17)24-21-11-8-15(22)13-19(18)21/h2-11,13,18H,12H2,1H3. The Morgan fingerprint density at radius 1 is 0.917 bits per heavy atom. The van der Waals surface area contributed by atoms with E-state index in [-0.39, 0.29) is 0 Å². The quantitative estimate of drug-likeness (QED) is 0.556. The fourth-order valence-electron chi connectivity index (χ4n) is 3.25. The first kappa shape index (κ1) is 15.6. The lowest BCUT2D eigenvalue weighted by Gasteiger charge is -2.28. The third-order valence-corrected chi connectivity index (χ3v) is 5.88. The average molecular weight is 353 g/mol. The highest BCUT2D eigenvalue weighted by molar-refractivity contribution is 7.99. The number of methoxy groups -OCH3 is 1. The maximum atomic E-state index is 6.29. The second-order valence-electron chi connectivity index (χ2n) is 5.93. The summed E-state index contributed by atoms with van der Waals surface area (Å²) < 4.78 is 5.27. The summed E-state index contributed by atoms with van der Waals surface area (Å²) in [4.78, 5) is 2.64. The van der Waals surface area contributed by atoms with Crippen molar-refractivity contribution >= 4 is 23.4 Å². The Bertz CT molecular complexity index is 873. The first-order chi connectivity index (χ1) is 11.7. The van der Waals surface area contributed by atoms with Gasteiger partial charge in [0.2, 0.25) is 0 Å². The van der Waals surface area contributed by atoms with Crippen LogP contribution in [0.1, 0.15) is 22.6 Å². The number of hydrogen-bond acceptors (Lipinski definition) is 2. The maximum absolute atomic E-state index is 6.29. The van der Waals surface area contributed by atoms with Crippen LogP contribution in [0.3, 0.4) is 0 Å². The number of hydrogen-bond donors (Lipinski definition) is 0. The molecule has 1 aliphatic rings. The highest BCUT2D eigenvalue weighted by Gasteiger charge is 2.26. The normalized spacial score (nSPS) is 15.5. The van der Waals surface area contributed by atoms with Crippen LogP contribution in [-0.4, -0.2) is 7.11 Å². The van der Waals surface area contributed by atoms with E-state index >= 15 is 0 Å². The van der Waals surface area contributed by atoms with E-state index < -0.39 is 0 Å². The molecule has 0 bridgehead atoms. The topological polar surface area (TPSA) is 9.23 Å². The minimum absolute atomic E-state index is 0.324. The minimum Gasteiger partial charge on any atom is -0.497 e. The lowest BCUT2D eigenvalue weighted by atomic mass is 9.85. The first-order valence-electron chi connectivity index (χ1n) is 7.94. The molecule has 1 atom stereocenters. The van der Waals surface area contributed by atoms with Crippen molar-refractivity contribution in [2.75, 3.05) is 7.11 Å². The van der Waals surface area contributed by atoms with Gasteiger partial charge in [0.05, 0.1) is 7.11 Å². The van der Waals surface area contributed by atoms with Gasteiger partial charge in [-0.05, 0) is 59.5 Å². The van der Waals surface area contributed by atoms with Gasteiger partial charge in [0.15, 0.2) is 0 Å². The molecule has 1 unspecified atom stereocenters. The highest BCUT2D eigenvalue weighted by Crippen LogP contribution is 2.47. The molecule has 1 aliphatic heterocycles. The van der Waals surface area contributed by atoms with Crippen LogP contribution in [0.25, 0.3) is 0 Å². The summed E-state index contributed by atoms with van der Waals surface area (Å²) in [6.07, 6.45) is 0.953. The van der Waals surface area contributed by atoms with Gasteiger partial charge in [-0.25, -0.2) is 0 Å². The largest absolute Gasteiger partial charge is 0.497 e. The molecule has 0 aromatic heterocycles. The molecule has 1 nitrogen and oxygen atoms in total. The monoisotopic (exact) mass is 352 g/mol. The lowest BCUT2D eigenvalue weighted by Crippen LogP contribution is -2.11. The Morgan fingerprint density at radius 2 is 1.67 bits per heavy atom. The number of fused-ring (bicyclic) bond motifs is 2. The molecule has 0 amide bonds. The maximum Gasteiger partial charge on any atom is 0.118 e. The predicted octanol–water partition coefficient (Wildman–Crippen LogP) is 6.19. The minimum atomic E-state index is 0.324. The molecule has 0 aliphatic carbocycles. The molecule has 0 spiro atoms. The molecule has 0 saturated heterocycles. The molecule has 24 heavy (non-hydrogen) atoms. The Labute approximate surface area is 151 Å². The summed E-state index contributed by atoms with van der Waals surface area (Å²) >= 11 is 8.12. The fourth-order valence-corrected chi connectivity index (χ4v) is 4.60. The molecule has 0 N–H and O–H groups in total. The van der Waals surface area contributed by atoms with Crippen LogP contribution in [0.4, 0.5) is 0 Å². The van der Waals surface area contributed by atoms with E-state index in [4.69, 9.17) is 16.3 Å². The van der Waals surface area contributed by atoms with Gasteiger partial charge in [0, 0.05) is 20.7 Å². The summed E-state index contributed by atoms with van der Waals surface area (Å²) in [6.45, 7) is 0. The Kier molecular flexibility index (Phi) is 4.26. The average Bonchev–Trinajstić information content (AvgIpc) is 2.62. The van der Waals surface area contributed by atoms with Crippen LogP contribution in [0.15, 0.2) is 76.5 Å². The zero-order valence-electron chi connectivity index (χ0n) is 13.3. The molecule has 1 heterocycles. The van der Waals surface area contributed by atoms with E-state index in [0.29, 0.717) is 5.92 Å². The number of ether oxygens (including phenoxy) is 1. The molecular formula is C21H17ClOS. The smallest absolute Gasteiger partial charge is 0.118 e. The van der Waals surface area contributed by atoms with Crippen LogP contribution in [0.2, 0.25) is 5.02 Å². The van der Waals surface area contributed by atoms with E-state index in [1.54, 1.807) is 7.11 Å². The van der Waals surface area contributed by atoms with Gasteiger partial charge in [0.1, 0.15) is 5.75 Å². The van der Waals surface area contributed by atoms with Crippen LogP contribution in [-0.2, 0) is 6.42 Å². The predicted molar refractivity (Wildman–Crippen MR) is 101 cm³/mol. The van der Waals surface area contributed by atoms with Gasteiger partial charge >= 0.3 is 0 Å². The van der Waals surface area contributed by atoms with Gasteiger partial charge in [-0.3, -0.25) is 0 Å².